The summed E-state index contributed by atoms with van der Waals surface area (Å²) in [5.41, 5.74) is 1.77. The van der Waals surface area contributed by atoms with E-state index in [-0.39, 0.29) is 41.4 Å². The lowest BCUT2D eigenvalue weighted by molar-refractivity contribution is -0.145. The predicted molar refractivity (Wildman–Crippen MR) is 169 cm³/mol. The number of hydrogen-bond donors (Lipinski definition) is 3. The predicted octanol–water partition coefficient (Wildman–Crippen LogP) is 4.57. The molecule has 0 radical (unpaired) electrons. The lowest BCUT2D eigenvalue weighted by Crippen LogP contribution is -2.46. The summed E-state index contributed by atoms with van der Waals surface area (Å²) in [6, 6.07) is 13.3. The molecule has 0 spiro atoms. The third-order valence-electron chi connectivity index (χ3n) is 7.15. The van der Waals surface area contributed by atoms with Crippen LogP contribution in [0.4, 0.5) is 21.9 Å². The zero-order valence-electron chi connectivity index (χ0n) is 25.6. The van der Waals surface area contributed by atoms with Gasteiger partial charge in [-0.1, -0.05) is 45.0 Å². The fraction of sp³-hybridized carbons (Fsp3) is 0.387. The number of carbonyl (C=O) groups excluding carboxylic acids is 3. The Bertz CT molecular complexity index is 1680. The largest absolute Gasteiger partial charge is 0.492 e. The van der Waals surface area contributed by atoms with E-state index in [9.17, 15) is 22.8 Å². The van der Waals surface area contributed by atoms with Crippen molar-refractivity contribution in [3.05, 3.63) is 59.7 Å². The van der Waals surface area contributed by atoms with Crippen LogP contribution in [0.1, 0.15) is 43.1 Å². The normalized spacial score (nSPS) is 15.4. The van der Waals surface area contributed by atoms with E-state index in [4.69, 9.17) is 14.2 Å². The van der Waals surface area contributed by atoms with Gasteiger partial charge in [0.25, 0.3) is 5.91 Å². The quantitative estimate of drug-likeness (QED) is 0.308. The van der Waals surface area contributed by atoms with E-state index in [2.05, 4.69) is 15.4 Å². The Balaban J connectivity index is 1.61. The lowest BCUT2D eigenvalue weighted by atomic mass is 9.86. The van der Waals surface area contributed by atoms with Crippen molar-refractivity contribution in [2.75, 3.05) is 55.5 Å². The maximum atomic E-state index is 13.6. The first kappa shape index (κ1) is 32.6. The minimum Gasteiger partial charge on any atom is -0.492 e. The zero-order valence-corrected chi connectivity index (χ0v) is 26.5. The number of esters is 1. The molecule has 0 saturated carbocycles. The number of fused-ring (bicyclic) bond motifs is 1. The van der Waals surface area contributed by atoms with Crippen molar-refractivity contribution in [1.29, 1.82) is 0 Å². The molecule has 44 heavy (non-hydrogen) atoms. The van der Waals surface area contributed by atoms with Gasteiger partial charge >= 0.3 is 12.0 Å². The fourth-order valence-corrected chi connectivity index (χ4v) is 5.54. The Morgan fingerprint density at radius 1 is 0.977 bits per heavy atom. The van der Waals surface area contributed by atoms with Crippen LogP contribution in [-0.2, 0) is 29.7 Å². The van der Waals surface area contributed by atoms with Gasteiger partial charge < -0.3 is 29.7 Å². The smallest absolute Gasteiger partial charge is 0.323 e. The molecule has 1 unspecified atom stereocenters. The summed E-state index contributed by atoms with van der Waals surface area (Å²) < 4.78 is 42.5. The molecule has 3 aromatic rings. The number of amides is 3. The highest BCUT2D eigenvalue weighted by molar-refractivity contribution is 7.92. The Hall–Kier alpha value is -4.36. The molecular formula is C31H38N4O8S. The molecule has 1 heterocycles. The summed E-state index contributed by atoms with van der Waals surface area (Å²) >= 11 is 0. The van der Waals surface area contributed by atoms with Crippen molar-refractivity contribution in [3.8, 4) is 5.75 Å². The van der Waals surface area contributed by atoms with E-state index in [1.54, 1.807) is 47.4 Å². The number of urea groups is 1. The van der Waals surface area contributed by atoms with Crippen molar-refractivity contribution in [1.82, 2.24) is 4.90 Å². The van der Waals surface area contributed by atoms with E-state index < -0.39 is 28.1 Å². The van der Waals surface area contributed by atoms with Gasteiger partial charge in [0.15, 0.2) is 5.75 Å². The lowest BCUT2D eigenvalue weighted by Gasteiger charge is -2.33. The molecule has 0 aliphatic carbocycles. The van der Waals surface area contributed by atoms with Gasteiger partial charge in [0.05, 0.1) is 56.7 Å². The second kappa shape index (κ2) is 13.1. The van der Waals surface area contributed by atoms with Gasteiger partial charge in [0.1, 0.15) is 0 Å². The summed E-state index contributed by atoms with van der Waals surface area (Å²) in [6.07, 6.45) is 0.627. The van der Waals surface area contributed by atoms with Crippen LogP contribution in [-0.4, -0.2) is 77.5 Å². The molecule has 1 fully saturated rings. The minimum absolute atomic E-state index is 0.0499. The summed E-state index contributed by atoms with van der Waals surface area (Å²) in [5.74, 6) is -0.473. The Morgan fingerprint density at radius 2 is 1.64 bits per heavy atom. The van der Waals surface area contributed by atoms with E-state index in [0.29, 0.717) is 35.2 Å². The fourth-order valence-electron chi connectivity index (χ4n) is 4.99. The number of benzene rings is 3. The van der Waals surface area contributed by atoms with Gasteiger partial charge in [0.2, 0.25) is 10.0 Å². The Morgan fingerprint density at radius 3 is 2.27 bits per heavy atom. The average molecular weight is 627 g/mol. The monoisotopic (exact) mass is 626 g/mol. The molecule has 1 atom stereocenters. The second-order valence-electron chi connectivity index (χ2n) is 11.5. The summed E-state index contributed by atoms with van der Waals surface area (Å²) in [5, 5.41) is 6.92. The number of anilines is 3. The van der Waals surface area contributed by atoms with Crippen LogP contribution in [0.15, 0.2) is 48.5 Å². The van der Waals surface area contributed by atoms with Crippen LogP contribution in [0.2, 0.25) is 0 Å². The molecule has 3 amide bonds. The molecule has 3 N–H and O–H groups in total. The number of carbonyl (C=O) groups is 3. The highest BCUT2D eigenvalue weighted by Gasteiger charge is 2.28. The summed E-state index contributed by atoms with van der Waals surface area (Å²) in [7, 11) is -0.941. The molecule has 13 heteroatoms. The van der Waals surface area contributed by atoms with E-state index in [0.717, 1.165) is 11.8 Å². The molecular weight excluding hydrogens is 588 g/mol. The van der Waals surface area contributed by atoms with Crippen molar-refractivity contribution in [2.45, 2.75) is 38.7 Å². The maximum Gasteiger partial charge on any atom is 0.323 e. The molecule has 1 aliphatic heterocycles. The number of morpholine rings is 1. The standard InChI is InChI=1S/C31H38N4O8S/c1-31(2,3)19-15-25(28(42-5)26(16-19)34-44(6,39)40)33-30(38)32-24-12-11-23(21-9-7-8-10-22(21)24)29(37)35-13-14-43-20(18-35)17-27(36)41-4/h7-12,15-16,20,34H,13-14,17-18H2,1-6H3,(H2,32,33,38). The summed E-state index contributed by atoms with van der Waals surface area (Å²) in [6.45, 7) is 6.82. The van der Waals surface area contributed by atoms with Crippen molar-refractivity contribution >= 4 is 55.8 Å². The topological polar surface area (TPSA) is 152 Å². The third kappa shape index (κ3) is 7.77. The first-order valence-corrected chi connectivity index (χ1v) is 15.9. The number of sulfonamides is 1. The minimum atomic E-state index is -3.64. The number of hydrogen-bond acceptors (Lipinski definition) is 8. The van der Waals surface area contributed by atoms with Gasteiger partial charge in [-0.05, 0) is 40.6 Å². The van der Waals surface area contributed by atoms with Crippen LogP contribution in [0.3, 0.4) is 0 Å². The molecule has 1 saturated heterocycles. The van der Waals surface area contributed by atoms with Crippen LogP contribution in [0.5, 0.6) is 5.75 Å². The molecule has 4 rings (SSSR count). The highest BCUT2D eigenvalue weighted by Crippen LogP contribution is 2.39. The second-order valence-corrected chi connectivity index (χ2v) is 13.3. The molecule has 236 valence electrons. The van der Waals surface area contributed by atoms with Crippen molar-refractivity contribution in [2.24, 2.45) is 0 Å². The molecule has 3 aromatic carbocycles. The molecule has 0 bridgehead atoms. The van der Waals surface area contributed by atoms with Gasteiger partial charge in [-0.3, -0.25) is 14.3 Å². The van der Waals surface area contributed by atoms with Crippen LogP contribution < -0.4 is 20.1 Å². The van der Waals surface area contributed by atoms with Crippen LogP contribution in [0, 0.1) is 0 Å². The molecule has 1 aliphatic rings. The number of nitrogens with one attached hydrogen (secondary N) is 3. The van der Waals surface area contributed by atoms with Gasteiger partial charge in [-0.25, -0.2) is 13.2 Å². The van der Waals surface area contributed by atoms with E-state index in [1.807, 2.05) is 26.8 Å². The zero-order chi connectivity index (χ0) is 32.2. The molecule has 0 aromatic heterocycles. The van der Waals surface area contributed by atoms with Crippen molar-refractivity contribution < 1.29 is 37.0 Å². The number of ether oxygens (including phenoxy) is 3. The highest BCUT2D eigenvalue weighted by atomic mass is 32.2. The Kier molecular flexibility index (Phi) is 9.69. The van der Waals surface area contributed by atoms with Gasteiger partial charge in [0, 0.05) is 24.0 Å². The van der Waals surface area contributed by atoms with Crippen LogP contribution >= 0.6 is 0 Å². The maximum absolute atomic E-state index is 13.6. The SMILES string of the molecule is COC(=O)CC1CN(C(=O)c2ccc(NC(=O)Nc3cc(C(C)(C)C)cc(NS(C)(=O)=O)c3OC)c3ccccc23)CCO1. The first-order chi connectivity index (χ1) is 20.7. The molecule has 12 nitrogen and oxygen atoms in total. The first-order valence-electron chi connectivity index (χ1n) is 14.0. The number of nitrogens with zero attached hydrogens (tertiary/aromatic N) is 1. The van der Waals surface area contributed by atoms with E-state index >= 15 is 0 Å². The third-order valence-corrected chi connectivity index (χ3v) is 7.74. The summed E-state index contributed by atoms with van der Waals surface area (Å²) in [4.78, 5) is 40.3. The number of rotatable bonds is 8. The van der Waals surface area contributed by atoms with Gasteiger partial charge in [-0.15, -0.1) is 0 Å². The van der Waals surface area contributed by atoms with Gasteiger partial charge in [-0.2, -0.15) is 0 Å². The average Bonchev–Trinajstić information content (AvgIpc) is 2.95. The Labute approximate surface area is 257 Å². The van der Waals surface area contributed by atoms with Crippen LogP contribution in [0.25, 0.3) is 10.8 Å². The number of methoxy groups -OCH3 is 2. The van der Waals surface area contributed by atoms with Crippen molar-refractivity contribution in [3.63, 3.8) is 0 Å². The van der Waals surface area contributed by atoms with E-state index in [1.165, 1.54) is 14.2 Å².